The van der Waals surface area contributed by atoms with E-state index in [2.05, 4.69) is 13.0 Å². The van der Waals surface area contributed by atoms with Gasteiger partial charge in [0.15, 0.2) is 6.29 Å². The van der Waals surface area contributed by atoms with Gasteiger partial charge in [0.1, 0.15) is 0 Å². The second-order valence-corrected chi connectivity index (χ2v) is 5.09. The Kier molecular flexibility index (Phi) is 5.38. The average molecular weight is 259 g/mol. The molecule has 0 amide bonds. The third kappa shape index (κ3) is 4.05. The summed E-state index contributed by atoms with van der Waals surface area (Å²) >= 11 is 0. The number of nitrogens with zero attached hydrogens (tertiary/aromatic N) is 1. The summed E-state index contributed by atoms with van der Waals surface area (Å²) in [7, 11) is 0. The van der Waals surface area contributed by atoms with Gasteiger partial charge in [-0.05, 0) is 18.6 Å². The molecule has 2 rings (SSSR count). The molecule has 1 aliphatic rings. The Hall–Kier alpha value is -1.37. The minimum Gasteiger partial charge on any atom is -0.348 e. The zero-order chi connectivity index (χ0) is 13.5. The molecule has 0 saturated carbocycles. The van der Waals surface area contributed by atoms with Crippen LogP contribution >= 0.6 is 0 Å². The van der Waals surface area contributed by atoms with E-state index in [4.69, 9.17) is 14.7 Å². The molecule has 1 aliphatic heterocycles. The highest BCUT2D eigenvalue weighted by atomic mass is 16.7. The number of ether oxygens (including phenoxy) is 2. The van der Waals surface area contributed by atoms with Crippen molar-refractivity contribution >= 4 is 0 Å². The zero-order valence-electron chi connectivity index (χ0n) is 11.5. The van der Waals surface area contributed by atoms with Crippen LogP contribution in [0.1, 0.15) is 50.0 Å². The van der Waals surface area contributed by atoms with Gasteiger partial charge in [-0.3, -0.25) is 0 Å². The van der Waals surface area contributed by atoms with E-state index in [1.165, 1.54) is 25.7 Å². The van der Waals surface area contributed by atoms with Crippen LogP contribution in [0.25, 0.3) is 0 Å². The van der Waals surface area contributed by atoms with Crippen LogP contribution in [0.5, 0.6) is 0 Å². The average Bonchev–Trinajstić information content (AvgIpc) is 2.48. The Morgan fingerprint density at radius 1 is 1.16 bits per heavy atom. The number of unbranched alkanes of at least 4 members (excludes halogenated alkanes) is 2. The first-order chi connectivity index (χ1) is 9.33. The van der Waals surface area contributed by atoms with Crippen molar-refractivity contribution in [3.63, 3.8) is 0 Å². The van der Waals surface area contributed by atoms with E-state index in [-0.39, 0.29) is 6.29 Å². The Labute approximate surface area is 115 Å². The van der Waals surface area contributed by atoms with Gasteiger partial charge in [-0.25, -0.2) is 0 Å². The molecule has 19 heavy (non-hydrogen) atoms. The van der Waals surface area contributed by atoms with Crippen LogP contribution in [0.15, 0.2) is 24.3 Å². The lowest BCUT2D eigenvalue weighted by Crippen LogP contribution is -2.27. The molecule has 0 spiro atoms. The number of rotatable bonds is 5. The fourth-order valence-electron chi connectivity index (χ4n) is 2.30. The van der Waals surface area contributed by atoms with Crippen LogP contribution in [0.3, 0.4) is 0 Å². The topological polar surface area (TPSA) is 42.2 Å². The largest absolute Gasteiger partial charge is 0.348 e. The predicted molar refractivity (Wildman–Crippen MR) is 73.4 cm³/mol. The zero-order valence-corrected chi connectivity index (χ0v) is 11.5. The highest BCUT2D eigenvalue weighted by Gasteiger charge is 2.23. The molecule has 1 aromatic rings. The maximum Gasteiger partial charge on any atom is 0.183 e. The van der Waals surface area contributed by atoms with Crippen LogP contribution in [-0.4, -0.2) is 13.2 Å². The third-order valence-corrected chi connectivity index (χ3v) is 3.49. The van der Waals surface area contributed by atoms with Crippen LogP contribution in [-0.2, 0) is 9.47 Å². The Morgan fingerprint density at radius 3 is 2.42 bits per heavy atom. The van der Waals surface area contributed by atoms with Gasteiger partial charge < -0.3 is 9.47 Å². The molecule has 0 N–H and O–H groups in total. The lowest BCUT2D eigenvalue weighted by molar-refractivity contribution is -0.206. The number of nitriles is 1. The molecule has 102 valence electrons. The van der Waals surface area contributed by atoms with Gasteiger partial charge in [-0.15, -0.1) is 0 Å². The smallest absolute Gasteiger partial charge is 0.183 e. The monoisotopic (exact) mass is 259 g/mol. The summed E-state index contributed by atoms with van der Waals surface area (Å²) in [5.74, 6) is 0.529. The molecular formula is C16H21NO2. The molecule has 1 saturated heterocycles. The van der Waals surface area contributed by atoms with Gasteiger partial charge >= 0.3 is 0 Å². The van der Waals surface area contributed by atoms with Gasteiger partial charge in [-0.2, -0.15) is 5.26 Å². The Morgan fingerprint density at radius 2 is 1.84 bits per heavy atom. The minimum atomic E-state index is -0.268. The first-order valence-corrected chi connectivity index (χ1v) is 7.06. The predicted octanol–water partition coefficient (Wildman–Crippen LogP) is 3.80. The van der Waals surface area contributed by atoms with Crippen LogP contribution < -0.4 is 0 Å². The van der Waals surface area contributed by atoms with Crippen molar-refractivity contribution in [2.24, 2.45) is 5.92 Å². The highest BCUT2D eigenvalue weighted by molar-refractivity contribution is 5.32. The first kappa shape index (κ1) is 14.0. The molecule has 1 aromatic carbocycles. The summed E-state index contributed by atoms with van der Waals surface area (Å²) in [4.78, 5) is 0. The molecule has 3 nitrogen and oxygen atoms in total. The molecule has 0 bridgehead atoms. The molecule has 0 aliphatic carbocycles. The summed E-state index contributed by atoms with van der Waals surface area (Å²) in [6, 6.07) is 9.52. The quantitative estimate of drug-likeness (QED) is 0.755. The van der Waals surface area contributed by atoms with Crippen molar-refractivity contribution in [2.75, 3.05) is 13.2 Å². The fourth-order valence-corrected chi connectivity index (χ4v) is 2.30. The number of benzene rings is 1. The summed E-state index contributed by atoms with van der Waals surface area (Å²) in [5.41, 5.74) is 1.66. The van der Waals surface area contributed by atoms with Gasteiger partial charge in [0.25, 0.3) is 0 Å². The van der Waals surface area contributed by atoms with E-state index in [1.807, 2.05) is 12.1 Å². The lowest BCUT2D eigenvalue weighted by Gasteiger charge is -2.29. The van der Waals surface area contributed by atoms with Gasteiger partial charge in [0.2, 0.25) is 0 Å². The molecule has 3 heteroatoms. The summed E-state index contributed by atoms with van der Waals surface area (Å²) in [6.45, 7) is 3.76. The summed E-state index contributed by atoms with van der Waals surface area (Å²) in [6.07, 6.45) is 4.72. The normalized spacial score (nSPS) is 22.9. The summed E-state index contributed by atoms with van der Waals surface area (Å²) < 4.78 is 11.6. The van der Waals surface area contributed by atoms with Gasteiger partial charge in [-0.1, -0.05) is 38.3 Å². The van der Waals surface area contributed by atoms with E-state index < -0.39 is 0 Å². The van der Waals surface area contributed by atoms with E-state index in [1.54, 1.807) is 12.1 Å². The molecule has 1 fully saturated rings. The SMILES string of the molecule is CCCCCC1COC(c2ccc(C#N)cc2)OC1. The van der Waals surface area contributed by atoms with Crippen molar-refractivity contribution in [3.05, 3.63) is 35.4 Å². The summed E-state index contributed by atoms with van der Waals surface area (Å²) in [5, 5.41) is 8.76. The fraction of sp³-hybridized carbons (Fsp3) is 0.562. The van der Waals surface area contributed by atoms with Crippen LogP contribution in [0.4, 0.5) is 0 Å². The number of hydrogen-bond acceptors (Lipinski definition) is 3. The van der Waals surface area contributed by atoms with Crippen molar-refractivity contribution < 1.29 is 9.47 Å². The van der Waals surface area contributed by atoms with Crippen molar-refractivity contribution in [2.45, 2.75) is 38.9 Å². The molecular weight excluding hydrogens is 238 g/mol. The maximum atomic E-state index is 8.76. The molecule has 0 aromatic heterocycles. The second kappa shape index (κ2) is 7.28. The molecule has 0 radical (unpaired) electrons. The van der Waals surface area contributed by atoms with Gasteiger partial charge in [0.05, 0.1) is 24.8 Å². The molecule has 1 heterocycles. The van der Waals surface area contributed by atoms with Crippen LogP contribution in [0.2, 0.25) is 0 Å². The Bertz CT molecular complexity index is 413. The van der Waals surface area contributed by atoms with E-state index in [0.29, 0.717) is 11.5 Å². The molecule has 0 atom stereocenters. The Balaban J connectivity index is 1.80. The first-order valence-electron chi connectivity index (χ1n) is 7.06. The molecule has 0 unspecified atom stereocenters. The van der Waals surface area contributed by atoms with Crippen molar-refractivity contribution in [3.8, 4) is 6.07 Å². The third-order valence-electron chi connectivity index (χ3n) is 3.49. The standard InChI is InChI=1S/C16H21NO2/c1-2-3-4-5-14-11-18-16(19-12-14)15-8-6-13(10-17)7-9-15/h6-9,14,16H,2-5,11-12H2,1H3. The van der Waals surface area contributed by atoms with E-state index in [0.717, 1.165) is 18.8 Å². The van der Waals surface area contributed by atoms with E-state index >= 15 is 0 Å². The van der Waals surface area contributed by atoms with Crippen LogP contribution in [0, 0.1) is 17.2 Å². The highest BCUT2D eigenvalue weighted by Crippen LogP contribution is 2.27. The lowest BCUT2D eigenvalue weighted by atomic mass is 10.0. The van der Waals surface area contributed by atoms with Crippen molar-refractivity contribution in [1.29, 1.82) is 5.26 Å². The minimum absolute atomic E-state index is 0.268. The van der Waals surface area contributed by atoms with Gasteiger partial charge in [0, 0.05) is 11.5 Å². The van der Waals surface area contributed by atoms with Crippen molar-refractivity contribution in [1.82, 2.24) is 0 Å². The maximum absolute atomic E-state index is 8.76. The number of hydrogen-bond donors (Lipinski definition) is 0. The second-order valence-electron chi connectivity index (χ2n) is 5.09. The van der Waals surface area contributed by atoms with E-state index in [9.17, 15) is 0 Å².